The van der Waals surface area contributed by atoms with Gasteiger partial charge in [-0.05, 0) is 19.4 Å². The molecule has 0 aliphatic carbocycles. The number of methoxy groups -OCH3 is 1. The summed E-state index contributed by atoms with van der Waals surface area (Å²) in [6.07, 6.45) is 0. The summed E-state index contributed by atoms with van der Waals surface area (Å²) in [6, 6.07) is 8.22. The van der Waals surface area contributed by atoms with Crippen LogP contribution in [0.25, 0.3) is 0 Å². The smallest absolute Gasteiger partial charge is 0.540 e. The van der Waals surface area contributed by atoms with Gasteiger partial charge in [0.15, 0.2) is 5.91 Å². The molecule has 1 amide bonds. The predicted octanol–water partition coefficient (Wildman–Crippen LogP) is -1.02. The maximum absolute atomic E-state index is 12.0. The summed E-state index contributed by atoms with van der Waals surface area (Å²) in [7, 11) is 1.56. The van der Waals surface area contributed by atoms with Crippen LogP contribution in [0.4, 0.5) is 0 Å². The molecule has 82 valence electrons. The van der Waals surface area contributed by atoms with E-state index in [0.717, 1.165) is 0 Å². The van der Waals surface area contributed by atoms with Crippen LogP contribution in [-0.4, -0.2) is 31.0 Å². The average molecular weight is 213 g/mol. The molecule has 0 bridgehead atoms. The van der Waals surface area contributed by atoms with Crippen molar-refractivity contribution in [2.24, 2.45) is 0 Å². The molecular weight excluding hydrogens is 197 g/mol. The van der Waals surface area contributed by atoms with E-state index in [0.29, 0.717) is 24.4 Å². The fraction of sp³-hybridized carbons (Fsp3) is 0.417. The van der Waals surface area contributed by atoms with Crippen LogP contribution in [0.5, 0.6) is 5.75 Å². The van der Waals surface area contributed by atoms with E-state index < -0.39 is 0 Å². The fourth-order valence-electron chi connectivity index (χ4n) is 1.43. The molecule has 1 aromatic carbocycles. The van der Waals surface area contributed by atoms with Crippen molar-refractivity contribution in [2.45, 2.75) is 13.8 Å². The second-order valence-corrected chi connectivity index (χ2v) is 3.09. The number of hydrogen-bond donors (Lipinski definition) is 0. The van der Waals surface area contributed by atoms with Crippen LogP contribution in [-0.2, 0) is 0 Å². The second kappa shape index (κ2) is 7.38. The van der Waals surface area contributed by atoms with E-state index in [1.54, 1.807) is 30.2 Å². The number of rotatable bonds is 4. The van der Waals surface area contributed by atoms with Crippen molar-refractivity contribution >= 4 is 5.91 Å². The Labute approximate surface area is 109 Å². The Bertz CT molecular complexity index is 338. The van der Waals surface area contributed by atoms with E-state index in [1.165, 1.54) is 0 Å². The number of amides is 1. The van der Waals surface area contributed by atoms with Gasteiger partial charge < -0.3 is 14.4 Å². The van der Waals surface area contributed by atoms with Gasteiger partial charge >= 0.3 is 18.9 Å². The Morgan fingerprint density at radius 2 is 2.06 bits per heavy atom. The van der Waals surface area contributed by atoms with Crippen molar-refractivity contribution in [3.05, 3.63) is 29.8 Å². The Morgan fingerprint density at radius 1 is 1.44 bits per heavy atom. The summed E-state index contributed by atoms with van der Waals surface area (Å²) < 4.78 is 5.13. The maximum atomic E-state index is 12.0. The quantitative estimate of drug-likeness (QED) is 0.473. The second-order valence-electron chi connectivity index (χ2n) is 3.09. The summed E-state index contributed by atoms with van der Waals surface area (Å²) in [5, 5.41) is 0. The minimum Gasteiger partial charge on any atom is -0.540 e. The van der Waals surface area contributed by atoms with Crippen LogP contribution in [0.1, 0.15) is 24.2 Å². The summed E-state index contributed by atoms with van der Waals surface area (Å²) in [4.78, 5) is 13.7. The zero-order chi connectivity index (χ0) is 11.3. The van der Waals surface area contributed by atoms with E-state index >= 15 is 0 Å². The number of nitrogens with zero attached hydrogens (tertiary/aromatic N) is 1. The standard InChI is InChI=1S/C12H16NO2.Li/c1-4-13(5-2)12(14)10-8-6-7-9-11(10)15-3;/h6-7,9H,4-5H2,1-3H3;/q-1;+1. The molecule has 4 heteroatoms. The first kappa shape index (κ1) is 15.1. The maximum Gasteiger partial charge on any atom is 1.00 e. The average Bonchev–Trinajstić information content (AvgIpc) is 2.30. The van der Waals surface area contributed by atoms with Gasteiger partial charge in [-0.15, -0.1) is 24.3 Å². The van der Waals surface area contributed by atoms with Gasteiger partial charge in [0.25, 0.3) is 0 Å². The Morgan fingerprint density at radius 3 is 2.56 bits per heavy atom. The topological polar surface area (TPSA) is 29.5 Å². The van der Waals surface area contributed by atoms with E-state index in [1.807, 2.05) is 13.8 Å². The number of carbonyl (C=O) groups is 1. The van der Waals surface area contributed by atoms with Gasteiger partial charge in [-0.25, -0.2) is 0 Å². The first-order valence-corrected chi connectivity index (χ1v) is 5.08. The molecule has 0 spiro atoms. The van der Waals surface area contributed by atoms with Crippen LogP contribution >= 0.6 is 0 Å². The van der Waals surface area contributed by atoms with Gasteiger partial charge in [0.05, 0.1) is 7.11 Å². The zero-order valence-electron chi connectivity index (χ0n) is 10.4. The van der Waals surface area contributed by atoms with Gasteiger partial charge in [-0.1, -0.05) is 0 Å². The largest absolute Gasteiger partial charge is 1.00 e. The zero-order valence-corrected chi connectivity index (χ0v) is 10.4. The van der Waals surface area contributed by atoms with E-state index in [4.69, 9.17) is 4.74 Å². The normalized spacial score (nSPS) is 9.19. The van der Waals surface area contributed by atoms with Crippen molar-refractivity contribution in [3.8, 4) is 5.75 Å². The fourth-order valence-corrected chi connectivity index (χ4v) is 1.43. The predicted molar refractivity (Wildman–Crippen MR) is 59.1 cm³/mol. The van der Waals surface area contributed by atoms with E-state index in [-0.39, 0.29) is 24.8 Å². The number of hydrogen-bond acceptors (Lipinski definition) is 2. The minimum absolute atomic E-state index is 0. The SMILES string of the molecule is CCN(CC)C(=O)c1[c-]cccc1OC.[Li+]. The Balaban J connectivity index is 0.00000225. The monoisotopic (exact) mass is 213 g/mol. The molecule has 1 rings (SSSR count). The molecule has 0 saturated carbocycles. The summed E-state index contributed by atoms with van der Waals surface area (Å²) in [5.74, 6) is 0.548. The number of benzene rings is 1. The molecule has 0 saturated heterocycles. The van der Waals surface area contributed by atoms with Gasteiger partial charge in [0.2, 0.25) is 0 Å². The summed E-state index contributed by atoms with van der Waals surface area (Å²) in [5.41, 5.74) is 0.503. The van der Waals surface area contributed by atoms with Crippen LogP contribution < -0.4 is 23.6 Å². The van der Waals surface area contributed by atoms with Crippen LogP contribution in [0.15, 0.2) is 18.2 Å². The van der Waals surface area contributed by atoms with Gasteiger partial charge in [-0.3, -0.25) is 0 Å². The Kier molecular flexibility index (Phi) is 6.95. The molecule has 0 fully saturated rings. The van der Waals surface area contributed by atoms with Crippen molar-refractivity contribution < 1.29 is 28.4 Å². The molecule has 3 nitrogen and oxygen atoms in total. The Hall–Kier alpha value is -0.913. The van der Waals surface area contributed by atoms with Crippen molar-refractivity contribution in [2.75, 3.05) is 20.2 Å². The molecule has 0 atom stereocenters. The number of carbonyl (C=O) groups excluding carboxylic acids is 1. The number of ether oxygens (including phenoxy) is 1. The molecule has 0 aliphatic heterocycles. The third-order valence-electron chi connectivity index (χ3n) is 2.30. The molecule has 1 aromatic rings. The molecule has 0 radical (unpaired) electrons. The third-order valence-corrected chi connectivity index (χ3v) is 2.30. The van der Waals surface area contributed by atoms with E-state index in [2.05, 4.69) is 6.07 Å². The summed E-state index contributed by atoms with van der Waals surface area (Å²) >= 11 is 0. The first-order chi connectivity index (χ1) is 7.24. The van der Waals surface area contributed by atoms with Gasteiger partial charge in [0.1, 0.15) is 0 Å². The van der Waals surface area contributed by atoms with Crippen LogP contribution in [0.2, 0.25) is 0 Å². The molecule has 16 heavy (non-hydrogen) atoms. The minimum atomic E-state index is -0.0301. The molecule has 0 unspecified atom stereocenters. The molecular formula is C12H16LiNO2. The molecule has 0 N–H and O–H groups in total. The first-order valence-electron chi connectivity index (χ1n) is 5.08. The van der Waals surface area contributed by atoms with Crippen LogP contribution in [0, 0.1) is 6.07 Å². The third kappa shape index (κ3) is 3.30. The van der Waals surface area contributed by atoms with E-state index in [9.17, 15) is 4.79 Å². The molecule has 0 aromatic heterocycles. The van der Waals surface area contributed by atoms with Crippen molar-refractivity contribution in [1.82, 2.24) is 4.90 Å². The van der Waals surface area contributed by atoms with Gasteiger partial charge in [-0.2, -0.15) is 0 Å². The van der Waals surface area contributed by atoms with Crippen molar-refractivity contribution in [3.63, 3.8) is 0 Å². The van der Waals surface area contributed by atoms with Crippen LogP contribution in [0.3, 0.4) is 0 Å². The van der Waals surface area contributed by atoms with Gasteiger partial charge in [0, 0.05) is 18.8 Å². The molecule has 0 heterocycles. The van der Waals surface area contributed by atoms with Crippen molar-refractivity contribution in [1.29, 1.82) is 0 Å². The molecule has 0 aliphatic rings. The summed E-state index contributed by atoms with van der Waals surface area (Å²) in [6.45, 7) is 5.30.